The number of nitrogens with zero attached hydrogens (tertiary/aromatic N) is 2. The van der Waals surface area contributed by atoms with Crippen LogP contribution in [0.5, 0.6) is 0 Å². The van der Waals surface area contributed by atoms with Gasteiger partial charge >= 0.3 is 0 Å². The molecule has 4 rings (SSSR count). The van der Waals surface area contributed by atoms with Gasteiger partial charge in [0.2, 0.25) is 0 Å². The van der Waals surface area contributed by atoms with E-state index in [0.29, 0.717) is 17.0 Å². The molecule has 1 unspecified atom stereocenters. The van der Waals surface area contributed by atoms with Gasteiger partial charge in [-0.05, 0) is 37.1 Å². The summed E-state index contributed by atoms with van der Waals surface area (Å²) in [6, 6.07) is 22.6. The molecule has 3 aromatic carbocycles. The van der Waals surface area contributed by atoms with E-state index in [1.165, 1.54) is 11.2 Å². The van der Waals surface area contributed by atoms with Crippen LogP contribution in [-0.2, 0) is 10.0 Å². The minimum absolute atomic E-state index is 0.0266. The van der Waals surface area contributed by atoms with Crippen molar-refractivity contribution in [3.63, 3.8) is 0 Å². The van der Waals surface area contributed by atoms with Gasteiger partial charge in [0, 0.05) is 11.1 Å². The van der Waals surface area contributed by atoms with E-state index in [1.807, 2.05) is 37.3 Å². The van der Waals surface area contributed by atoms with Gasteiger partial charge in [-0.3, -0.25) is 9.79 Å². The summed E-state index contributed by atoms with van der Waals surface area (Å²) in [6.45, 7) is 7.91. The third-order valence-electron chi connectivity index (χ3n) is 5.58. The topological polar surface area (TPSA) is 66.8 Å². The van der Waals surface area contributed by atoms with E-state index in [9.17, 15) is 13.2 Å². The van der Waals surface area contributed by atoms with Crippen LogP contribution in [0, 0.1) is 6.92 Å². The van der Waals surface area contributed by atoms with Crippen molar-refractivity contribution in [2.75, 3.05) is 6.54 Å². The summed E-state index contributed by atoms with van der Waals surface area (Å²) in [7, 11) is -3.89. The van der Waals surface area contributed by atoms with E-state index < -0.39 is 16.1 Å². The zero-order valence-corrected chi connectivity index (χ0v) is 18.8. The summed E-state index contributed by atoms with van der Waals surface area (Å²) in [5, 5.41) is 0. The number of aryl methyl sites for hydroxylation is 1. The molecule has 1 aliphatic rings. The summed E-state index contributed by atoms with van der Waals surface area (Å²) in [5.41, 5.74) is 3.71. The molecule has 0 aromatic heterocycles. The van der Waals surface area contributed by atoms with Gasteiger partial charge in [-0.15, -0.1) is 0 Å². The lowest BCUT2D eigenvalue weighted by molar-refractivity contribution is 0.101. The van der Waals surface area contributed by atoms with E-state index in [1.54, 1.807) is 48.5 Å². The number of hydrogen-bond donors (Lipinski definition) is 0. The Morgan fingerprint density at radius 2 is 1.53 bits per heavy atom. The second-order valence-electron chi connectivity index (χ2n) is 7.82. The number of benzene rings is 3. The minimum Gasteiger partial charge on any atom is -0.295 e. The van der Waals surface area contributed by atoms with Crippen molar-refractivity contribution in [1.82, 2.24) is 4.31 Å². The highest BCUT2D eigenvalue weighted by atomic mass is 32.2. The SMILES string of the molecule is C=C(c1ccc(C(C)=O)cc1)C1CN=C(c2ccccc2)N1S(=O)(=O)c1ccc(C)cc1. The van der Waals surface area contributed by atoms with Crippen molar-refractivity contribution in [3.8, 4) is 0 Å². The lowest BCUT2D eigenvalue weighted by atomic mass is 9.98. The molecule has 1 heterocycles. The summed E-state index contributed by atoms with van der Waals surface area (Å²) in [4.78, 5) is 16.4. The van der Waals surface area contributed by atoms with E-state index in [2.05, 4.69) is 11.6 Å². The van der Waals surface area contributed by atoms with Crippen LogP contribution >= 0.6 is 0 Å². The Balaban J connectivity index is 1.77. The number of carbonyl (C=O) groups excluding carboxylic acids is 1. The summed E-state index contributed by atoms with van der Waals surface area (Å²) in [5.74, 6) is 0.374. The Bertz CT molecular complexity index is 1290. The van der Waals surface area contributed by atoms with Crippen LogP contribution < -0.4 is 0 Å². The third-order valence-corrected chi connectivity index (χ3v) is 7.39. The van der Waals surface area contributed by atoms with Gasteiger partial charge in [0.15, 0.2) is 5.78 Å². The average molecular weight is 445 g/mol. The maximum Gasteiger partial charge on any atom is 0.266 e. The molecule has 0 N–H and O–H groups in total. The highest BCUT2D eigenvalue weighted by Crippen LogP contribution is 2.32. The van der Waals surface area contributed by atoms with Gasteiger partial charge in [0.05, 0.1) is 17.5 Å². The average Bonchev–Trinajstić information content (AvgIpc) is 3.26. The van der Waals surface area contributed by atoms with Gasteiger partial charge in [0.25, 0.3) is 10.0 Å². The molecule has 3 aromatic rings. The number of sulfonamides is 1. The fourth-order valence-corrected chi connectivity index (χ4v) is 5.37. The van der Waals surface area contributed by atoms with Crippen LogP contribution in [-0.4, -0.2) is 36.9 Å². The monoisotopic (exact) mass is 444 g/mol. The highest BCUT2D eigenvalue weighted by molar-refractivity contribution is 7.89. The smallest absolute Gasteiger partial charge is 0.266 e. The third kappa shape index (κ3) is 4.01. The molecule has 0 amide bonds. The standard InChI is InChI=1S/C26H24N2O3S/c1-18-9-15-24(16-10-18)32(30,31)28-25(17-27-26(28)23-7-5-4-6-8-23)19(2)21-11-13-22(14-12-21)20(3)29/h4-16,25H,2,17H2,1,3H3. The number of rotatable bonds is 6. The molecule has 0 radical (unpaired) electrons. The predicted octanol–water partition coefficient (Wildman–Crippen LogP) is 4.73. The van der Waals surface area contributed by atoms with Crippen LogP contribution in [0.1, 0.15) is 34.0 Å². The quantitative estimate of drug-likeness (QED) is 0.516. The summed E-state index contributed by atoms with van der Waals surface area (Å²) >= 11 is 0. The first kappa shape index (κ1) is 21.7. The Labute approximate surface area is 188 Å². The number of Topliss-reactive ketones (excluding diaryl/α,β-unsaturated/α-hetero) is 1. The van der Waals surface area contributed by atoms with Crippen LogP contribution in [0.4, 0.5) is 0 Å². The van der Waals surface area contributed by atoms with Gasteiger partial charge in [-0.1, -0.05) is 78.9 Å². The number of aliphatic imine (C=N–C) groups is 1. The molecule has 0 bridgehead atoms. The van der Waals surface area contributed by atoms with Gasteiger partial charge in [-0.25, -0.2) is 12.7 Å². The second-order valence-corrected chi connectivity index (χ2v) is 9.63. The molecule has 0 aliphatic carbocycles. The number of carbonyl (C=O) groups is 1. The van der Waals surface area contributed by atoms with Crippen molar-refractivity contribution < 1.29 is 13.2 Å². The number of ketones is 1. The lowest BCUT2D eigenvalue weighted by Crippen LogP contribution is -2.42. The van der Waals surface area contributed by atoms with E-state index in [0.717, 1.165) is 16.7 Å². The van der Waals surface area contributed by atoms with Crippen molar-refractivity contribution in [2.45, 2.75) is 24.8 Å². The highest BCUT2D eigenvalue weighted by Gasteiger charge is 2.40. The van der Waals surface area contributed by atoms with Gasteiger partial charge in [-0.2, -0.15) is 0 Å². The lowest BCUT2D eigenvalue weighted by Gasteiger charge is -2.29. The predicted molar refractivity (Wildman–Crippen MR) is 127 cm³/mol. The maximum absolute atomic E-state index is 13.8. The molecule has 32 heavy (non-hydrogen) atoms. The zero-order valence-electron chi connectivity index (χ0n) is 18.0. The Morgan fingerprint density at radius 1 is 0.938 bits per heavy atom. The van der Waals surface area contributed by atoms with Crippen LogP contribution in [0.2, 0.25) is 0 Å². The first-order valence-corrected chi connectivity index (χ1v) is 11.7. The first-order valence-electron chi connectivity index (χ1n) is 10.3. The van der Waals surface area contributed by atoms with Crippen LogP contribution in [0.25, 0.3) is 5.57 Å². The van der Waals surface area contributed by atoms with Crippen molar-refractivity contribution in [3.05, 3.63) is 108 Å². The largest absolute Gasteiger partial charge is 0.295 e. The Morgan fingerprint density at radius 3 is 2.12 bits per heavy atom. The van der Waals surface area contributed by atoms with E-state index in [4.69, 9.17) is 0 Å². The van der Waals surface area contributed by atoms with Gasteiger partial charge < -0.3 is 0 Å². The molecule has 1 atom stereocenters. The van der Waals surface area contributed by atoms with E-state index in [-0.39, 0.29) is 17.2 Å². The molecule has 0 saturated heterocycles. The molecular formula is C26H24N2O3S. The van der Waals surface area contributed by atoms with Crippen molar-refractivity contribution in [2.24, 2.45) is 4.99 Å². The normalized spacial score (nSPS) is 16.0. The van der Waals surface area contributed by atoms with E-state index >= 15 is 0 Å². The molecule has 162 valence electrons. The first-order chi connectivity index (χ1) is 15.3. The second kappa shape index (κ2) is 8.55. The molecular weight excluding hydrogens is 420 g/mol. The summed E-state index contributed by atoms with van der Waals surface area (Å²) in [6.07, 6.45) is 0. The molecule has 0 saturated carbocycles. The molecule has 6 heteroatoms. The zero-order chi connectivity index (χ0) is 22.9. The van der Waals surface area contributed by atoms with Crippen LogP contribution in [0.15, 0.2) is 95.3 Å². The molecule has 0 fully saturated rings. The maximum atomic E-state index is 13.8. The number of amidine groups is 1. The fraction of sp³-hybridized carbons (Fsp3) is 0.154. The Hall–Kier alpha value is -3.51. The van der Waals surface area contributed by atoms with Crippen LogP contribution in [0.3, 0.4) is 0 Å². The molecule has 1 aliphatic heterocycles. The van der Waals surface area contributed by atoms with Gasteiger partial charge in [0.1, 0.15) is 5.84 Å². The Kier molecular flexibility index (Phi) is 5.80. The van der Waals surface area contributed by atoms with Crippen molar-refractivity contribution >= 4 is 27.2 Å². The minimum atomic E-state index is -3.89. The summed E-state index contributed by atoms with van der Waals surface area (Å²) < 4.78 is 28.9. The number of hydrogen-bond acceptors (Lipinski definition) is 4. The molecule has 0 spiro atoms. The fourth-order valence-electron chi connectivity index (χ4n) is 3.74. The van der Waals surface area contributed by atoms with Crippen molar-refractivity contribution in [1.29, 1.82) is 0 Å². The molecule has 5 nitrogen and oxygen atoms in total.